The molecule has 0 bridgehead atoms. The molecule has 0 saturated carbocycles. The Balaban J connectivity index is 2.69. The fraction of sp³-hybridized carbons (Fsp3) is 0.182. The zero-order valence-electron chi connectivity index (χ0n) is 8.65. The first-order valence-electron chi connectivity index (χ1n) is 4.44. The van der Waals surface area contributed by atoms with Gasteiger partial charge in [-0.15, -0.1) is 0 Å². The highest BCUT2D eigenvalue weighted by molar-refractivity contribution is 5.81. The lowest BCUT2D eigenvalue weighted by atomic mass is 10.3. The number of benzene rings is 1. The number of carboxylic acid groups (broad SMARTS) is 1. The first-order chi connectivity index (χ1) is 7.11. The SMILES string of the molecule is COc1ccc(NC(C)=CC(=O)O)cc1. The third kappa shape index (κ3) is 3.72. The van der Waals surface area contributed by atoms with Crippen molar-refractivity contribution in [2.24, 2.45) is 0 Å². The lowest BCUT2D eigenvalue weighted by molar-refractivity contribution is -0.131. The Morgan fingerprint density at radius 3 is 2.47 bits per heavy atom. The van der Waals surface area contributed by atoms with Crippen molar-refractivity contribution in [2.75, 3.05) is 12.4 Å². The first kappa shape index (κ1) is 11.1. The maximum Gasteiger partial charge on any atom is 0.330 e. The fourth-order valence-corrected chi connectivity index (χ4v) is 1.12. The molecular formula is C11H13NO3. The number of methoxy groups -OCH3 is 1. The molecule has 1 rings (SSSR count). The van der Waals surface area contributed by atoms with Crippen LogP contribution in [-0.4, -0.2) is 18.2 Å². The largest absolute Gasteiger partial charge is 0.497 e. The van der Waals surface area contributed by atoms with Crippen molar-refractivity contribution in [2.45, 2.75) is 6.92 Å². The average molecular weight is 207 g/mol. The fourth-order valence-electron chi connectivity index (χ4n) is 1.12. The highest BCUT2D eigenvalue weighted by Gasteiger charge is 1.96. The number of rotatable bonds is 4. The van der Waals surface area contributed by atoms with Gasteiger partial charge in [0.2, 0.25) is 0 Å². The molecule has 0 heterocycles. The van der Waals surface area contributed by atoms with E-state index in [2.05, 4.69) is 5.32 Å². The van der Waals surface area contributed by atoms with E-state index in [1.165, 1.54) is 0 Å². The molecule has 0 radical (unpaired) electrons. The monoisotopic (exact) mass is 207 g/mol. The second-order valence-electron chi connectivity index (χ2n) is 3.02. The number of ether oxygens (including phenoxy) is 1. The van der Waals surface area contributed by atoms with Crippen LogP contribution in [0.3, 0.4) is 0 Å². The molecule has 0 aliphatic carbocycles. The molecule has 0 aliphatic rings. The van der Waals surface area contributed by atoms with Crippen molar-refractivity contribution in [1.82, 2.24) is 0 Å². The summed E-state index contributed by atoms with van der Waals surface area (Å²) in [5.41, 5.74) is 1.40. The molecule has 80 valence electrons. The quantitative estimate of drug-likeness (QED) is 0.742. The van der Waals surface area contributed by atoms with Gasteiger partial charge in [-0.25, -0.2) is 4.79 Å². The maximum atomic E-state index is 10.4. The van der Waals surface area contributed by atoms with Crippen LogP contribution in [0.5, 0.6) is 5.75 Å². The van der Waals surface area contributed by atoms with Crippen LogP contribution in [0, 0.1) is 0 Å². The Hall–Kier alpha value is -1.97. The summed E-state index contributed by atoms with van der Waals surface area (Å²) in [6.45, 7) is 1.69. The van der Waals surface area contributed by atoms with Crippen molar-refractivity contribution in [3.63, 3.8) is 0 Å². The van der Waals surface area contributed by atoms with E-state index in [-0.39, 0.29) is 0 Å². The van der Waals surface area contributed by atoms with Gasteiger partial charge in [-0.05, 0) is 31.2 Å². The summed E-state index contributed by atoms with van der Waals surface area (Å²) in [7, 11) is 1.60. The number of nitrogens with one attached hydrogen (secondary N) is 1. The van der Waals surface area contributed by atoms with E-state index in [0.29, 0.717) is 5.70 Å². The molecule has 4 nitrogen and oxygen atoms in total. The number of carboxylic acids is 1. The molecule has 15 heavy (non-hydrogen) atoms. The maximum absolute atomic E-state index is 10.4. The van der Waals surface area contributed by atoms with Crippen molar-refractivity contribution in [3.05, 3.63) is 36.0 Å². The third-order valence-electron chi connectivity index (χ3n) is 1.77. The molecule has 0 atom stereocenters. The Morgan fingerprint density at radius 1 is 1.40 bits per heavy atom. The van der Waals surface area contributed by atoms with E-state index in [1.807, 2.05) is 12.1 Å². The van der Waals surface area contributed by atoms with Crippen LogP contribution in [-0.2, 0) is 4.79 Å². The molecule has 0 aromatic heterocycles. The Bertz CT molecular complexity index is 368. The minimum Gasteiger partial charge on any atom is -0.497 e. The number of hydrogen-bond donors (Lipinski definition) is 2. The van der Waals surface area contributed by atoms with Crippen molar-refractivity contribution >= 4 is 11.7 Å². The van der Waals surface area contributed by atoms with Crippen molar-refractivity contribution < 1.29 is 14.6 Å². The summed E-state index contributed by atoms with van der Waals surface area (Å²) in [6, 6.07) is 7.24. The van der Waals surface area contributed by atoms with Crippen LogP contribution in [0.1, 0.15) is 6.92 Å². The molecule has 0 spiro atoms. The van der Waals surface area contributed by atoms with E-state index in [1.54, 1.807) is 26.2 Å². The van der Waals surface area contributed by atoms with Gasteiger partial charge in [0.05, 0.1) is 7.11 Å². The van der Waals surface area contributed by atoms with Crippen LogP contribution < -0.4 is 10.1 Å². The molecule has 1 aromatic rings. The summed E-state index contributed by atoms with van der Waals surface area (Å²) < 4.78 is 5.00. The summed E-state index contributed by atoms with van der Waals surface area (Å²) in [4.78, 5) is 10.4. The predicted molar refractivity (Wildman–Crippen MR) is 58.0 cm³/mol. The number of anilines is 1. The topological polar surface area (TPSA) is 58.6 Å². The Morgan fingerprint density at radius 2 is 2.00 bits per heavy atom. The standard InChI is InChI=1S/C11H13NO3/c1-8(7-11(13)14)12-9-3-5-10(15-2)6-4-9/h3-7,12H,1-2H3,(H,13,14). The summed E-state index contributed by atoms with van der Waals surface area (Å²) in [6.07, 6.45) is 1.12. The second-order valence-corrected chi connectivity index (χ2v) is 3.02. The second kappa shape index (κ2) is 5.05. The van der Waals surface area contributed by atoms with Gasteiger partial charge in [0, 0.05) is 17.5 Å². The van der Waals surface area contributed by atoms with Gasteiger partial charge in [0.15, 0.2) is 0 Å². The van der Waals surface area contributed by atoms with Gasteiger partial charge in [0.1, 0.15) is 5.75 Å². The molecule has 2 N–H and O–H groups in total. The van der Waals surface area contributed by atoms with Crippen LogP contribution >= 0.6 is 0 Å². The van der Waals surface area contributed by atoms with Gasteiger partial charge >= 0.3 is 5.97 Å². The van der Waals surface area contributed by atoms with Crippen LogP contribution in [0.15, 0.2) is 36.0 Å². The molecule has 0 aliphatic heterocycles. The van der Waals surface area contributed by atoms with Gasteiger partial charge < -0.3 is 15.2 Å². The Kier molecular flexibility index (Phi) is 3.74. The third-order valence-corrected chi connectivity index (χ3v) is 1.77. The molecule has 0 saturated heterocycles. The highest BCUT2D eigenvalue weighted by atomic mass is 16.5. The van der Waals surface area contributed by atoms with Crippen LogP contribution in [0.2, 0.25) is 0 Å². The van der Waals surface area contributed by atoms with Gasteiger partial charge in [-0.2, -0.15) is 0 Å². The normalized spacial score (nSPS) is 10.9. The van der Waals surface area contributed by atoms with Gasteiger partial charge in [-0.3, -0.25) is 0 Å². The van der Waals surface area contributed by atoms with Crippen molar-refractivity contribution in [1.29, 1.82) is 0 Å². The number of carbonyl (C=O) groups is 1. The number of aliphatic carboxylic acids is 1. The average Bonchev–Trinajstić information content (AvgIpc) is 2.17. The van der Waals surface area contributed by atoms with Gasteiger partial charge in [0.25, 0.3) is 0 Å². The van der Waals surface area contributed by atoms with E-state index < -0.39 is 5.97 Å². The molecule has 0 amide bonds. The molecule has 1 aromatic carbocycles. The highest BCUT2D eigenvalue weighted by Crippen LogP contribution is 2.16. The van der Waals surface area contributed by atoms with Crippen LogP contribution in [0.25, 0.3) is 0 Å². The summed E-state index contributed by atoms with van der Waals surface area (Å²) in [5, 5.41) is 11.5. The minimum absolute atomic E-state index is 0.577. The molecule has 0 unspecified atom stereocenters. The smallest absolute Gasteiger partial charge is 0.330 e. The minimum atomic E-state index is -0.964. The number of hydrogen-bond acceptors (Lipinski definition) is 3. The van der Waals surface area contributed by atoms with E-state index >= 15 is 0 Å². The zero-order valence-corrected chi connectivity index (χ0v) is 8.65. The summed E-state index contributed by atoms with van der Waals surface area (Å²) >= 11 is 0. The molecule has 4 heteroatoms. The van der Waals surface area contributed by atoms with Gasteiger partial charge in [-0.1, -0.05) is 0 Å². The molecule has 0 fully saturated rings. The predicted octanol–water partition coefficient (Wildman–Crippen LogP) is 2.10. The molecular weight excluding hydrogens is 194 g/mol. The number of allylic oxidation sites excluding steroid dienone is 1. The Labute approximate surface area is 88.2 Å². The zero-order chi connectivity index (χ0) is 11.3. The van der Waals surface area contributed by atoms with Crippen LogP contribution in [0.4, 0.5) is 5.69 Å². The lowest BCUT2D eigenvalue weighted by Gasteiger charge is -2.06. The van der Waals surface area contributed by atoms with Crippen molar-refractivity contribution in [3.8, 4) is 5.75 Å². The van der Waals surface area contributed by atoms with E-state index in [0.717, 1.165) is 17.5 Å². The van der Waals surface area contributed by atoms with E-state index in [9.17, 15) is 4.79 Å². The van der Waals surface area contributed by atoms with E-state index in [4.69, 9.17) is 9.84 Å². The summed E-state index contributed by atoms with van der Waals surface area (Å²) in [5.74, 6) is -0.200. The first-order valence-corrected chi connectivity index (χ1v) is 4.44. The lowest BCUT2D eigenvalue weighted by Crippen LogP contribution is -1.99.